The second kappa shape index (κ2) is 7.72. The summed E-state index contributed by atoms with van der Waals surface area (Å²) in [6.45, 7) is 2.44. The summed E-state index contributed by atoms with van der Waals surface area (Å²) in [6, 6.07) is 9.24. The van der Waals surface area contributed by atoms with Gasteiger partial charge in [-0.3, -0.25) is 14.5 Å². The Morgan fingerprint density at radius 1 is 1.12 bits per heavy atom. The monoisotopic (exact) mass is 453 g/mol. The van der Waals surface area contributed by atoms with Gasteiger partial charge in [0.1, 0.15) is 35.8 Å². The molecule has 1 N–H and O–H groups in total. The summed E-state index contributed by atoms with van der Waals surface area (Å²) in [5.41, 5.74) is 0.0466. The standard InChI is InChI=1S/C22H16FN3O5S/c1-11-24-25-22(32-11)26-18(13-4-2-3-5-14(13)23)17(20(28)21(26)29)19(27)12-6-7-15-16(10-12)31-9-8-30-15/h2-7,10,18,27H,8-9H2,1H3/b19-17+/t18-/m0/s1. The molecule has 1 aromatic heterocycles. The Morgan fingerprint density at radius 3 is 2.59 bits per heavy atom. The molecule has 2 aliphatic rings. The Morgan fingerprint density at radius 2 is 1.88 bits per heavy atom. The fourth-order valence-corrected chi connectivity index (χ4v) is 4.46. The fourth-order valence-electron chi connectivity index (χ4n) is 3.75. The van der Waals surface area contributed by atoms with Crippen LogP contribution in [0.3, 0.4) is 0 Å². The molecule has 3 heterocycles. The number of carbonyl (C=O) groups excluding carboxylic acids is 2. The van der Waals surface area contributed by atoms with Crippen LogP contribution >= 0.6 is 11.3 Å². The van der Waals surface area contributed by atoms with Crippen LogP contribution in [-0.2, 0) is 9.59 Å². The van der Waals surface area contributed by atoms with Crippen molar-refractivity contribution < 1.29 is 28.6 Å². The molecule has 0 aliphatic carbocycles. The number of halogens is 1. The first kappa shape index (κ1) is 20.1. The van der Waals surface area contributed by atoms with Crippen molar-refractivity contribution in [3.63, 3.8) is 0 Å². The molecule has 10 heteroatoms. The van der Waals surface area contributed by atoms with Gasteiger partial charge in [-0.2, -0.15) is 0 Å². The van der Waals surface area contributed by atoms with Gasteiger partial charge in [-0.1, -0.05) is 29.5 Å². The lowest BCUT2D eigenvalue weighted by Crippen LogP contribution is -2.29. The van der Waals surface area contributed by atoms with Crippen molar-refractivity contribution in [2.45, 2.75) is 13.0 Å². The highest BCUT2D eigenvalue weighted by Gasteiger charge is 2.49. The number of fused-ring (bicyclic) bond motifs is 1. The molecular weight excluding hydrogens is 437 g/mol. The van der Waals surface area contributed by atoms with E-state index in [2.05, 4.69) is 10.2 Å². The Hall–Kier alpha value is -3.79. The third-order valence-corrected chi connectivity index (χ3v) is 6.02. The summed E-state index contributed by atoms with van der Waals surface area (Å²) in [6.07, 6.45) is 0. The molecule has 0 bridgehead atoms. The van der Waals surface area contributed by atoms with Crippen molar-refractivity contribution in [2.24, 2.45) is 0 Å². The summed E-state index contributed by atoms with van der Waals surface area (Å²) >= 11 is 1.09. The Kier molecular flexibility index (Phi) is 4.86. The number of amides is 1. The second-order valence-corrected chi connectivity index (χ2v) is 8.31. The van der Waals surface area contributed by atoms with Gasteiger partial charge in [0.2, 0.25) is 5.13 Å². The SMILES string of the molecule is Cc1nnc(N2C(=O)C(=O)/C(=C(/O)c3ccc4c(c3)OCCO4)[C@@H]2c2ccccc2F)s1. The number of hydrogen-bond donors (Lipinski definition) is 1. The van der Waals surface area contributed by atoms with Crippen LogP contribution < -0.4 is 14.4 Å². The van der Waals surface area contributed by atoms with Gasteiger partial charge in [0, 0.05) is 11.1 Å². The maximum atomic E-state index is 14.8. The van der Waals surface area contributed by atoms with Gasteiger partial charge < -0.3 is 14.6 Å². The Balaban J connectivity index is 1.71. The average molecular weight is 453 g/mol. The number of aryl methyl sites for hydroxylation is 1. The number of anilines is 1. The number of ether oxygens (including phenoxy) is 2. The summed E-state index contributed by atoms with van der Waals surface area (Å²) in [4.78, 5) is 27.1. The van der Waals surface area contributed by atoms with E-state index in [4.69, 9.17) is 9.47 Å². The van der Waals surface area contributed by atoms with Crippen molar-refractivity contribution in [3.8, 4) is 11.5 Å². The third-order valence-electron chi connectivity index (χ3n) is 5.18. The smallest absolute Gasteiger partial charge is 0.301 e. The van der Waals surface area contributed by atoms with Crippen LogP contribution in [0.1, 0.15) is 22.2 Å². The number of nitrogens with zero attached hydrogens (tertiary/aromatic N) is 3. The summed E-state index contributed by atoms with van der Waals surface area (Å²) < 4.78 is 25.9. The van der Waals surface area contributed by atoms with E-state index in [0.29, 0.717) is 29.7 Å². The number of benzene rings is 2. The molecule has 0 spiro atoms. The quantitative estimate of drug-likeness (QED) is 0.368. The van der Waals surface area contributed by atoms with Gasteiger partial charge in [-0.25, -0.2) is 4.39 Å². The normalized spacial score (nSPS) is 19.4. The van der Waals surface area contributed by atoms with E-state index in [-0.39, 0.29) is 21.8 Å². The van der Waals surface area contributed by atoms with Gasteiger partial charge in [0.25, 0.3) is 5.78 Å². The molecule has 32 heavy (non-hydrogen) atoms. The lowest BCUT2D eigenvalue weighted by Gasteiger charge is -2.23. The van der Waals surface area contributed by atoms with Crippen molar-refractivity contribution in [1.82, 2.24) is 10.2 Å². The van der Waals surface area contributed by atoms with E-state index in [1.54, 1.807) is 25.1 Å². The van der Waals surface area contributed by atoms with Crippen LogP contribution in [-0.4, -0.2) is 40.2 Å². The minimum Gasteiger partial charge on any atom is -0.507 e. The molecule has 0 radical (unpaired) electrons. The largest absolute Gasteiger partial charge is 0.507 e. The number of Topliss-reactive ketones (excluding diaryl/α,β-unsaturated/α-hetero) is 1. The maximum Gasteiger partial charge on any atom is 0.301 e. The molecule has 2 aromatic carbocycles. The lowest BCUT2D eigenvalue weighted by atomic mass is 9.95. The van der Waals surface area contributed by atoms with Crippen LogP contribution in [0.5, 0.6) is 11.5 Å². The van der Waals surface area contributed by atoms with E-state index in [0.717, 1.165) is 16.2 Å². The fraction of sp³-hybridized carbons (Fsp3) is 0.182. The maximum absolute atomic E-state index is 14.8. The Bertz CT molecular complexity index is 1290. The number of aliphatic hydroxyl groups is 1. The lowest BCUT2D eigenvalue weighted by molar-refractivity contribution is -0.132. The van der Waals surface area contributed by atoms with Crippen molar-refractivity contribution in [3.05, 3.63) is 70.0 Å². The van der Waals surface area contributed by atoms with Crippen molar-refractivity contribution in [2.75, 3.05) is 18.1 Å². The highest BCUT2D eigenvalue weighted by molar-refractivity contribution is 7.15. The Labute approximate surface area is 185 Å². The van der Waals surface area contributed by atoms with Gasteiger partial charge in [0.05, 0.1) is 5.57 Å². The molecule has 3 aromatic rings. The molecule has 0 saturated carbocycles. The minimum absolute atomic E-state index is 0.0543. The molecule has 5 rings (SSSR count). The highest BCUT2D eigenvalue weighted by atomic mass is 32.1. The predicted octanol–water partition coefficient (Wildman–Crippen LogP) is 3.38. The van der Waals surface area contributed by atoms with E-state index in [1.807, 2.05) is 0 Å². The van der Waals surface area contributed by atoms with Crippen LogP contribution in [0.2, 0.25) is 0 Å². The van der Waals surface area contributed by atoms with E-state index in [1.165, 1.54) is 24.3 Å². The second-order valence-electron chi connectivity index (χ2n) is 7.15. The van der Waals surface area contributed by atoms with Crippen molar-refractivity contribution in [1.29, 1.82) is 0 Å². The van der Waals surface area contributed by atoms with E-state index >= 15 is 0 Å². The summed E-state index contributed by atoms with van der Waals surface area (Å²) in [7, 11) is 0. The van der Waals surface area contributed by atoms with Crippen molar-refractivity contribution >= 4 is 33.9 Å². The van der Waals surface area contributed by atoms with Gasteiger partial charge in [-0.05, 0) is 31.2 Å². The zero-order chi connectivity index (χ0) is 22.4. The van der Waals surface area contributed by atoms with Crippen LogP contribution in [0.25, 0.3) is 5.76 Å². The first-order valence-electron chi connectivity index (χ1n) is 9.71. The molecule has 1 saturated heterocycles. The van der Waals surface area contributed by atoms with Gasteiger partial charge in [0.15, 0.2) is 11.5 Å². The number of aromatic nitrogens is 2. The molecule has 1 amide bonds. The molecule has 162 valence electrons. The number of rotatable bonds is 3. The first-order valence-corrected chi connectivity index (χ1v) is 10.5. The highest BCUT2D eigenvalue weighted by Crippen LogP contribution is 2.44. The van der Waals surface area contributed by atoms with Crippen LogP contribution in [0.15, 0.2) is 48.0 Å². The number of carbonyl (C=O) groups is 2. The zero-order valence-corrected chi connectivity index (χ0v) is 17.6. The molecule has 0 unspecified atom stereocenters. The van der Waals surface area contributed by atoms with Crippen LogP contribution in [0, 0.1) is 12.7 Å². The first-order chi connectivity index (χ1) is 15.5. The van der Waals surface area contributed by atoms with E-state index < -0.39 is 29.3 Å². The molecular formula is C22H16FN3O5S. The van der Waals surface area contributed by atoms with Gasteiger partial charge in [-0.15, -0.1) is 10.2 Å². The van der Waals surface area contributed by atoms with Crippen LogP contribution in [0.4, 0.5) is 9.52 Å². The summed E-state index contributed by atoms with van der Waals surface area (Å²) in [5, 5.41) is 19.7. The molecule has 1 atom stereocenters. The number of ketones is 1. The molecule has 8 nitrogen and oxygen atoms in total. The minimum atomic E-state index is -1.21. The summed E-state index contributed by atoms with van der Waals surface area (Å²) in [5.74, 6) is -2.04. The third kappa shape index (κ3) is 3.19. The molecule has 2 aliphatic heterocycles. The van der Waals surface area contributed by atoms with Gasteiger partial charge >= 0.3 is 5.91 Å². The van der Waals surface area contributed by atoms with E-state index in [9.17, 15) is 19.1 Å². The topological polar surface area (TPSA) is 102 Å². The zero-order valence-electron chi connectivity index (χ0n) is 16.7. The number of hydrogen-bond acceptors (Lipinski definition) is 8. The number of aliphatic hydroxyl groups excluding tert-OH is 1. The average Bonchev–Trinajstić information content (AvgIpc) is 3.34. The molecule has 1 fully saturated rings. The predicted molar refractivity (Wildman–Crippen MR) is 113 cm³/mol.